The van der Waals surface area contributed by atoms with Gasteiger partial charge in [0.2, 0.25) is 5.95 Å². The van der Waals surface area contributed by atoms with Crippen LogP contribution in [0.5, 0.6) is 0 Å². The molecule has 9 nitrogen and oxygen atoms in total. The minimum atomic E-state index is -0.143. The molecular weight excluding hydrogens is 464 g/mol. The summed E-state index contributed by atoms with van der Waals surface area (Å²) in [5.41, 5.74) is 7.11. The van der Waals surface area contributed by atoms with Gasteiger partial charge in [0.15, 0.2) is 0 Å². The summed E-state index contributed by atoms with van der Waals surface area (Å²) in [6.45, 7) is 8.02. The largest absolute Gasteiger partial charge is 0.369 e. The zero-order valence-corrected chi connectivity index (χ0v) is 21.7. The number of anilines is 4. The Balaban J connectivity index is 1.26. The second-order valence-electron chi connectivity index (χ2n) is 9.57. The fourth-order valence-corrected chi connectivity index (χ4v) is 4.37. The van der Waals surface area contributed by atoms with Crippen LogP contribution in [-0.4, -0.2) is 63.8 Å². The molecule has 2 N–H and O–H groups in total. The van der Waals surface area contributed by atoms with Gasteiger partial charge in [-0.2, -0.15) is 5.10 Å². The predicted molar refractivity (Wildman–Crippen MR) is 148 cm³/mol. The van der Waals surface area contributed by atoms with E-state index in [2.05, 4.69) is 60.7 Å². The second-order valence-corrected chi connectivity index (χ2v) is 9.57. The highest BCUT2D eigenvalue weighted by molar-refractivity contribution is 6.05. The van der Waals surface area contributed by atoms with Gasteiger partial charge in [0.05, 0.1) is 11.9 Å². The molecule has 2 aromatic heterocycles. The highest BCUT2D eigenvalue weighted by Crippen LogP contribution is 2.26. The number of aryl methyl sites for hydroxylation is 3. The van der Waals surface area contributed by atoms with Crippen LogP contribution in [0.15, 0.2) is 61.1 Å². The number of carbonyl (C=O) groups is 1. The Kier molecular flexibility index (Phi) is 6.87. The van der Waals surface area contributed by atoms with E-state index in [4.69, 9.17) is 0 Å². The first-order valence-electron chi connectivity index (χ1n) is 12.4. The van der Waals surface area contributed by atoms with Crippen molar-refractivity contribution in [1.82, 2.24) is 24.6 Å². The van der Waals surface area contributed by atoms with Crippen molar-refractivity contribution in [3.8, 4) is 11.3 Å². The molecule has 0 atom stereocenters. The van der Waals surface area contributed by atoms with Crippen LogP contribution in [0.4, 0.5) is 23.0 Å². The van der Waals surface area contributed by atoms with Gasteiger partial charge in [-0.3, -0.25) is 9.48 Å². The molecule has 1 aliphatic rings. The van der Waals surface area contributed by atoms with Crippen LogP contribution in [0.2, 0.25) is 0 Å². The molecule has 1 saturated heterocycles. The van der Waals surface area contributed by atoms with Crippen molar-refractivity contribution in [3.05, 3.63) is 77.7 Å². The van der Waals surface area contributed by atoms with Gasteiger partial charge in [-0.05, 0) is 68.4 Å². The number of hydrogen-bond acceptors (Lipinski definition) is 7. The van der Waals surface area contributed by atoms with Crippen LogP contribution >= 0.6 is 0 Å². The minimum absolute atomic E-state index is 0.143. The Morgan fingerprint density at radius 3 is 2.38 bits per heavy atom. The summed E-state index contributed by atoms with van der Waals surface area (Å²) in [6.07, 6.45) is 5.50. The number of carbonyl (C=O) groups excluding carboxylic acids is 1. The molecule has 190 valence electrons. The highest BCUT2D eigenvalue weighted by atomic mass is 16.1. The maximum Gasteiger partial charge on any atom is 0.255 e. The molecule has 5 rings (SSSR count). The monoisotopic (exact) mass is 496 g/mol. The van der Waals surface area contributed by atoms with Crippen molar-refractivity contribution in [2.24, 2.45) is 7.05 Å². The van der Waals surface area contributed by atoms with Crippen molar-refractivity contribution in [3.63, 3.8) is 0 Å². The van der Waals surface area contributed by atoms with Crippen LogP contribution in [-0.2, 0) is 7.05 Å². The Morgan fingerprint density at radius 2 is 1.68 bits per heavy atom. The molecule has 37 heavy (non-hydrogen) atoms. The number of benzene rings is 2. The summed E-state index contributed by atoms with van der Waals surface area (Å²) in [5.74, 6) is 0.341. The van der Waals surface area contributed by atoms with E-state index in [1.807, 2.05) is 39.2 Å². The van der Waals surface area contributed by atoms with Crippen LogP contribution in [0, 0.1) is 13.8 Å². The van der Waals surface area contributed by atoms with Crippen molar-refractivity contribution in [2.45, 2.75) is 13.8 Å². The van der Waals surface area contributed by atoms with E-state index in [-0.39, 0.29) is 5.91 Å². The molecule has 0 spiro atoms. The van der Waals surface area contributed by atoms with Gasteiger partial charge in [-0.15, -0.1) is 0 Å². The molecular formula is C28H32N8O. The van der Waals surface area contributed by atoms with E-state index in [1.165, 1.54) is 0 Å². The number of hydrogen-bond donors (Lipinski definition) is 2. The van der Waals surface area contributed by atoms with Crippen molar-refractivity contribution >= 4 is 28.9 Å². The first-order valence-corrected chi connectivity index (χ1v) is 12.4. The van der Waals surface area contributed by atoms with E-state index in [1.54, 1.807) is 29.2 Å². The van der Waals surface area contributed by atoms with E-state index in [0.29, 0.717) is 11.5 Å². The zero-order chi connectivity index (χ0) is 25.9. The number of nitrogens with one attached hydrogen (secondary N) is 2. The third kappa shape index (κ3) is 5.62. The lowest BCUT2D eigenvalue weighted by atomic mass is 10.1. The maximum absolute atomic E-state index is 13.0. The Bertz CT molecular complexity index is 1400. The van der Waals surface area contributed by atoms with E-state index in [9.17, 15) is 4.79 Å². The van der Waals surface area contributed by atoms with Gasteiger partial charge in [-0.1, -0.05) is 6.07 Å². The SMILES string of the molecule is Cc1ccc(N2CCN(C)CC2)cc1NC(=O)c1ccc(Nc2ncc(C)c(-c3cnn(C)c3)n2)cc1. The highest BCUT2D eigenvalue weighted by Gasteiger charge is 2.16. The van der Waals surface area contributed by atoms with Gasteiger partial charge >= 0.3 is 0 Å². The van der Waals surface area contributed by atoms with Crippen LogP contribution in [0.3, 0.4) is 0 Å². The van der Waals surface area contributed by atoms with Crippen LogP contribution in [0.25, 0.3) is 11.3 Å². The summed E-state index contributed by atoms with van der Waals surface area (Å²) in [5, 5.41) is 10.6. The molecule has 9 heteroatoms. The Hall–Kier alpha value is -4.24. The number of nitrogens with zero attached hydrogens (tertiary/aromatic N) is 6. The zero-order valence-electron chi connectivity index (χ0n) is 21.7. The molecule has 1 aliphatic heterocycles. The van der Waals surface area contributed by atoms with Gasteiger partial charge in [0, 0.05) is 73.8 Å². The summed E-state index contributed by atoms with van der Waals surface area (Å²) >= 11 is 0. The lowest BCUT2D eigenvalue weighted by molar-refractivity contribution is 0.102. The van der Waals surface area contributed by atoms with Crippen molar-refractivity contribution in [2.75, 3.05) is 48.8 Å². The molecule has 1 amide bonds. The molecule has 0 bridgehead atoms. The summed E-state index contributed by atoms with van der Waals surface area (Å²) < 4.78 is 1.75. The fraction of sp³-hybridized carbons (Fsp3) is 0.286. The summed E-state index contributed by atoms with van der Waals surface area (Å²) in [6, 6.07) is 13.6. The maximum atomic E-state index is 13.0. The van der Waals surface area contributed by atoms with Gasteiger partial charge in [-0.25, -0.2) is 9.97 Å². The number of aromatic nitrogens is 4. The average molecular weight is 497 g/mol. The molecule has 1 fully saturated rings. The fourth-order valence-electron chi connectivity index (χ4n) is 4.37. The van der Waals surface area contributed by atoms with E-state index in [0.717, 1.165) is 65.6 Å². The summed E-state index contributed by atoms with van der Waals surface area (Å²) in [4.78, 5) is 26.8. The van der Waals surface area contributed by atoms with E-state index >= 15 is 0 Å². The third-order valence-corrected chi connectivity index (χ3v) is 6.69. The minimum Gasteiger partial charge on any atom is -0.369 e. The lowest BCUT2D eigenvalue weighted by Crippen LogP contribution is -2.44. The first kappa shape index (κ1) is 24.5. The number of rotatable bonds is 6. The number of likely N-dealkylation sites (N-methyl/N-ethyl adjacent to an activating group) is 1. The van der Waals surface area contributed by atoms with Gasteiger partial charge in [0.1, 0.15) is 0 Å². The van der Waals surface area contributed by atoms with Crippen LogP contribution in [0.1, 0.15) is 21.5 Å². The number of piperazine rings is 1. The Labute approximate surface area is 217 Å². The quantitative estimate of drug-likeness (QED) is 0.413. The molecule has 0 aliphatic carbocycles. The topological polar surface area (TPSA) is 91.2 Å². The molecule has 0 unspecified atom stereocenters. The first-order chi connectivity index (χ1) is 17.9. The standard InChI is InChI=1S/C28H32N8O/c1-19-5-10-24(36-13-11-34(3)12-14-36)15-25(19)32-27(37)21-6-8-23(9-7-21)31-28-29-16-20(2)26(33-28)22-17-30-35(4)18-22/h5-10,15-18H,11-14H2,1-4H3,(H,32,37)(H,29,31,33). The molecule has 3 heterocycles. The molecule has 0 saturated carbocycles. The third-order valence-electron chi connectivity index (χ3n) is 6.69. The normalized spacial score (nSPS) is 14.0. The van der Waals surface area contributed by atoms with Crippen molar-refractivity contribution < 1.29 is 4.79 Å². The van der Waals surface area contributed by atoms with Crippen LogP contribution < -0.4 is 15.5 Å². The van der Waals surface area contributed by atoms with Gasteiger partial charge < -0.3 is 20.4 Å². The molecule has 0 radical (unpaired) electrons. The lowest BCUT2D eigenvalue weighted by Gasteiger charge is -2.34. The molecule has 2 aromatic carbocycles. The van der Waals surface area contributed by atoms with E-state index < -0.39 is 0 Å². The average Bonchev–Trinajstić information content (AvgIpc) is 3.33. The van der Waals surface area contributed by atoms with Crippen molar-refractivity contribution in [1.29, 1.82) is 0 Å². The smallest absolute Gasteiger partial charge is 0.255 e. The predicted octanol–water partition coefficient (Wildman–Crippen LogP) is 4.24. The second kappa shape index (κ2) is 10.4. The van der Waals surface area contributed by atoms with Gasteiger partial charge in [0.25, 0.3) is 5.91 Å². The Morgan fingerprint density at radius 1 is 0.919 bits per heavy atom. The number of amides is 1. The summed E-state index contributed by atoms with van der Waals surface area (Å²) in [7, 11) is 4.02. The molecule has 4 aromatic rings.